The van der Waals surface area contributed by atoms with Crippen molar-refractivity contribution in [2.24, 2.45) is 0 Å². The van der Waals surface area contributed by atoms with Crippen LogP contribution < -0.4 is 0 Å². The van der Waals surface area contributed by atoms with Crippen molar-refractivity contribution in [1.29, 1.82) is 0 Å². The molecule has 0 aliphatic carbocycles. The molecule has 0 aromatic carbocycles. The first-order valence-corrected chi connectivity index (χ1v) is 3.59. The second-order valence-corrected chi connectivity index (χ2v) is 2.46. The summed E-state index contributed by atoms with van der Waals surface area (Å²) in [6.07, 6.45) is 0.409. The first-order chi connectivity index (χ1) is 6.32. The van der Waals surface area contributed by atoms with Gasteiger partial charge in [0.25, 0.3) is 5.92 Å². The number of carbonyl (C=O) groups excluding carboxylic acids is 2. The molecule has 0 aliphatic rings. The molecule has 0 amide bonds. The van der Waals surface area contributed by atoms with E-state index in [1.807, 2.05) is 0 Å². The zero-order chi connectivity index (χ0) is 11.4. The molecule has 0 unspecified atom stereocenters. The summed E-state index contributed by atoms with van der Waals surface area (Å²) >= 11 is 0. The van der Waals surface area contributed by atoms with Crippen LogP contribution in [0.4, 0.5) is 8.78 Å². The van der Waals surface area contributed by atoms with Gasteiger partial charge in [-0.2, -0.15) is 0 Å². The zero-order valence-electron chi connectivity index (χ0n) is 7.97. The quantitative estimate of drug-likeness (QED) is 0.511. The van der Waals surface area contributed by atoms with Gasteiger partial charge in [0.15, 0.2) is 0 Å². The maximum atomic E-state index is 12.7. The third-order valence-electron chi connectivity index (χ3n) is 1.34. The van der Waals surface area contributed by atoms with Gasteiger partial charge in [-0.1, -0.05) is 0 Å². The number of alkyl halides is 2. The van der Waals surface area contributed by atoms with Crippen LogP contribution in [-0.4, -0.2) is 32.1 Å². The summed E-state index contributed by atoms with van der Waals surface area (Å²) in [5, 5.41) is 0. The molecule has 0 saturated heterocycles. The zero-order valence-corrected chi connectivity index (χ0v) is 7.97. The molecular formula is C8H10F2O4. The predicted molar refractivity (Wildman–Crippen MR) is 42.7 cm³/mol. The van der Waals surface area contributed by atoms with E-state index in [1.165, 1.54) is 0 Å². The van der Waals surface area contributed by atoms with Crippen LogP contribution in [0.15, 0.2) is 11.6 Å². The Morgan fingerprint density at radius 2 is 1.71 bits per heavy atom. The second-order valence-electron chi connectivity index (χ2n) is 2.46. The molecule has 0 bridgehead atoms. The molecule has 14 heavy (non-hydrogen) atoms. The summed E-state index contributed by atoms with van der Waals surface area (Å²) in [7, 11) is 1.96. The van der Waals surface area contributed by atoms with E-state index in [0.29, 0.717) is 13.0 Å². The smallest absolute Gasteiger partial charge is 0.340 e. The number of carbonyl (C=O) groups is 2. The minimum atomic E-state index is -3.44. The lowest BCUT2D eigenvalue weighted by atomic mass is 10.1. The number of hydrogen-bond acceptors (Lipinski definition) is 4. The second kappa shape index (κ2) is 4.69. The molecule has 80 valence electrons. The van der Waals surface area contributed by atoms with Crippen molar-refractivity contribution >= 4 is 11.9 Å². The minimum absolute atomic E-state index is 0.409. The van der Waals surface area contributed by atoms with E-state index in [-0.39, 0.29) is 0 Å². The molecule has 0 rings (SSSR count). The van der Waals surface area contributed by atoms with Gasteiger partial charge in [0.1, 0.15) is 5.57 Å². The summed E-state index contributed by atoms with van der Waals surface area (Å²) in [5.74, 6) is -5.74. The number of halogens is 2. The fourth-order valence-corrected chi connectivity index (χ4v) is 0.652. The Morgan fingerprint density at radius 3 is 2.00 bits per heavy atom. The van der Waals surface area contributed by atoms with Crippen molar-refractivity contribution in [3.8, 4) is 0 Å². The standard InChI is InChI=1S/C8H10F2O4/c1-8(9,10)5(7(12)14-3)4-6(11)13-2/h4H,1-3H3. The van der Waals surface area contributed by atoms with Crippen LogP contribution in [0.3, 0.4) is 0 Å². The average molecular weight is 208 g/mol. The van der Waals surface area contributed by atoms with E-state index in [2.05, 4.69) is 9.47 Å². The van der Waals surface area contributed by atoms with Gasteiger partial charge in [-0.15, -0.1) is 0 Å². The highest BCUT2D eigenvalue weighted by Gasteiger charge is 2.34. The van der Waals surface area contributed by atoms with Crippen LogP contribution in [-0.2, 0) is 19.1 Å². The van der Waals surface area contributed by atoms with Crippen molar-refractivity contribution in [2.75, 3.05) is 14.2 Å². The van der Waals surface area contributed by atoms with Gasteiger partial charge in [0.05, 0.1) is 14.2 Å². The Labute approximate surface area is 79.5 Å². The monoisotopic (exact) mass is 208 g/mol. The van der Waals surface area contributed by atoms with Gasteiger partial charge >= 0.3 is 11.9 Å². The van der Waals surface area contributed by atoms with Gasteiger partial charge < -0.3 is 9.47 Å². The largest absolute Gasteiger partial charge is 0.466 e. The van der Waals surface area contributed by atoms with E-state index in [0.717, 1.165) is 14.2 Å². The molecule has 0 N–H and O–H groups in total. The maximum absolute atomic E-state index is 12.7. The van der Waals surface area contributed by atoms with E-state index in [9.17, 15) is 18.4 Å². The van der Waals surface area contributed by atoms with Crippen molar-refractivity contribution < 1.29 is 27.8 Å². The number of methoxy groups -OCH3 is 2. The molecule has 6 heteroatoms. The molecule has 0 spiro atoms. The molecule has 0 aromatic heterocycles. The summed E-state index contributed by atoms with van der Waals surface area (Å²) < 4.78 is 33.7. The van der Waals surface area contributed by atoms with Gasteiger partial charge in [-0.3, -0.25) is 0 Å². The molecule has 0 aliphatic heterocycles. The Bertz CT molecular complexity index is 265. The molecule has 0 aromatic rings. The average Bonchev–Trinajstić information content (AvgIpc) is 2.10. The lowest BCUT2D eigenvalue weighted by molar-refractivity contribution is -0.141. The Balaban J connectivity index is 5.02. The van der Waals surface area contributed by atoms with Gasteiger partial charge in [-0.05, 0) is 0 Å². The normalized spacial score (nSPS) is 12.2. The Kier molecular flexibility index (Phi) is 4.20. The summed E-state index contributed by atoms with van der Waals surface area (Å²) in [6, 6.07) is 0. The first kappa shape index (κ1) is 12.5. The Hall–Kier alpha value is -1.46. The topological polar surface area (TPSA) is 52.6 Å². The van der Waals surface area contributed by atoms with Gasteiger partial charge in [0.2, 0.25) is 0 Å². The fraction of sp³-hybridized carbons (Fsp3) is 0.500. The number of rotatable bonds is 3. The fourth-order valence-electron chi connectivity index (χ4n) is 0.652. The van der Waals surface area contributed by atoms with E-state index < -0.39 is 23.4 Å². The third-order valence-corrected chi connectivity index (χ3v) is 1.34. The van der Waals surface area contributed by atoms with Crippen molar-refractivity contribution in [1.82, 2.24) is 0 Å². The third kappa shape index (κ3) is 3.51. The molecule has 0 radical (unpaired) electrons. The number of hydrogen-bond donors (Lipinski definition) is 0. The maximum Gasteiger partial charge on any atom is 0.340 e. The highest BCUT2D eigenvalue weighted by atomic mass is 19.3. The lowest BCUT2D eigenvalue weighted by Gasteiger charge is -2.12. The Morgan fingerprint density at radius 1 is 1.21 bits per heavy atom. The van der Waals surface area contributed by atoms with Crippen LogP contribution in [0, 0.1) is 0 Å². The molecule has 0 saturated carbocycles. The van der Waals surface area contributed by atoms with Crippen LogP contribution in [0.2, 0.25) is 0 Å². The highest BCUT2D eigenvalue weighted by Crippen LogP contribution is 2.24. The van der Waals surface area contributed by atoms with Crippen molar-refractivity contribution in [3.63, 3.8) is 0 Å². The van der Waals surface area contributed by atoms with Crippen molar-refractivity contribution in [3.05, 3.63) is 11.6 Å². The van der Waals surface area contributed by atoms with E-state index in [4.69, 9.17) is 0 Å². The first-order valence-electron chi connectivity index (χ1n) is 3.59. The van der Waals surface area contributed by atoms with Crippen LogP contribution in [0.1, 0.15) is 6.92 Å². The van der Waals surface area contributed by atoms with Crippen LogP contribution in [0.5, 0.6) is 0 Å². The van der Waals surface area contributed by atoms with Crippen LogP contribution in [0.25, 0.3) is 0 Å². The van der Waals surface area contributed by atoms with E-state index in [1.54, 1.807) is 0 Å². The summed E-state index contributed by atoms with van der Waals surface area (Å²) in [6.45, 7) is 0.485. The molecule has 0 atom stereocenters. The predicted octanol–water partition coefficient (Wildman–Crippen LogP) is 0.914. The number of esters is 2. The van der Waals surface area contributed by atoms with Gasteiger partial charge in [-0.25, -0.2) is 18.4 Å². The van der Waals surface area contributed by atoms with Gasteiger partial charge in [0, 0.05) is 13.0 Å². The van der Waals surface area contributed by atoms with Crippen molar-refractivity contribution in [2.45, 2.75) is 12.8 Å². The summed E-state index contributed by atoms with van der Waals surface area (Å²) in [5.41, 5.74) is -1.04. The SMILES string of the molecule is COC(=O)C=C(C(=O)OC)C(C)(F)F. The molecular weight excluding hydrogens is 198 g/mol. The minimum Gasteiger partial charge on any atom is -0.466 e. The molecule has 4 nitrogen and oxygen atoms in total. The van der Waals surface area contributed by atoms with Crippen LogP contribution >= 0.6 is 0 Å². The number of ether oxygens (including phenoxy) is 2. The molecule has 0 fully saturated rings. The molecule has 0 heterocycles. The van der Waals surface area contributed by atoms with E-state index >= 15 is 0 Å². The summed E-state index contributed by atoms with van der Waals surface area (Å²) in [4.78, 5) is 21.5. The highest BCUT2D eigenvalue weighted by molar-refractivity contribution is 5.97. The lowest BCUT2D eigenvalue weighted by Crippen LogP contribution is -2.23.